The van der Waals surface area contributed by atoms with Gasteiger partial charge in [0.2, 0.25) is 0 Å². The number of aromatic nitrogens is 3. The minimum Gasteiger partial charge on any atom is -0.357 e. The van der Waals surface area contributed by atoms with Crippen LogP contribution < -0.4 is 10.5 Å². The molecule has 0 radical (unpaired) electrons. The number of hydrogen-bond acceptors (Lipinski definition) is 4. The molecule has 6 heteroatoms. The zero-order valence-electron chi connectivity index (χ0n) is 16.5. The maximum Gasteiger partial charge on any atom is 0.277 e. The summed E-state index contributed by atoms with van der Waals surface area (Å²) in [5.41, 5.74) is 2.73. The molecule has 5 rings (SSSR count). The molecular weight excluding hydrogens is 362 g/mol. The lowest BCUT2D eigenvalue weighted by atomic mass is 10.1. The van der Waals surface area contributed by atoms with Crippen LogP contribution in [0.4, 0.5) is 5.82 Å². The van der Waals surface area contributed by atoms with Crippen molar-refractivity contribution in [2.75, 3.05) is 18.0 Å². The Labute approximate surface area is 170 Å². The number of benzene rings is 1. The fourth-order valence-electron chi connectivity index (χ4n) is 4.42. The summed E-state index contributed by atoms with van der Waals surface area (Å²) in [6.45, 7) is 3.11. The molecule has 2 fully saturated rings. The highest BCUT2D eigenvalue weighted by Crippen LogP contribution is 2.33. The van der Waals surface area contributed by atoms with Crippen LogP contribution in [0, 0.1) is 17.2 Å². The molecule has 148 valence electrons. The van der Waals surface area contributed by atoms with Crippen molar-refractivity contribution in [1.29, 1.82) is 5.26 Å². The molecule has 2 aromatic heterocycles. The van der Waals surface area contributed by atoms with Gasteiger partial charge in [-0.3, -0.25) is 9.36 Å². The molecule has 1 aromatic carbocycles. The first-order valence-electron chi connectivity index (χ1n) is 10.6. The van der Waals surface area contributed by atoms with Gasteiger partial charge in [-0.25, -0.2) is 4.98 Å². The number of rotatable bonds is 5. The van der Waals surface area contributed by atoms with Gasteiger partial charge >= 0.3 is 0 Å². The second-order valence-electron chi connectivity index (χ2n) is 8.27. The number of fused-ring (bicyclic) bond motifs is 1. The second kappa shape index (κ2) is 7.40. The summed E-state index contributed by atoms with van der Waals surface area (Å²) in [5.74, 6) is 1.45. The monoisotopic (exact) mass is 387 g/mol. The maximum atomic E-state index is 13.4. The first-order chi connectivity index (χ1) is 14.3. The van der Waals surface area contributed by atoms with Crippen molar-refractivity contribution in [1.82, 2.24) is 14.1 Å². The average molecular weight is 387 g/mol. The molecule has 0 amide bonds. The highest BCUT2D eigenvalue weighted by atomic mass is 16.1. The van der Waals surface area contributed by atoms with Gasteiger partial charge in [-0.05, 0) is 43.6 Å². The van der Waals surface area contributed by atoms with E-state index in [0.717, 1.165) is 43.9 Å². The summed E-state index contributed by atoms with van der Waals surface area (Å²) < 4.78 is 3.79. The summed E-state index contributed by atoms with van der Waals surface area (Å²) in [6.07, 6.45) is 7.42. The molecule has 6 nitrogen and oxygen atoms in total. The van der Waals surface area contributed by atoms with Crippen molar-refractivity contribution in [2.24, 2.45) is 5.92 Å². The Kier molecular flexibility index (Phi) is 4.59. The van der Waals surface area contributed by atoms with Gasteiger partial charge < -0.3 is 9.47 Å². The average Bonchev–Trinajstić information content (AvgIpc) is 3.52. The zero-order valence-corrected chi connectivity index (χ0v) is 16.5. The Hall–Kier alpha value is -3.07. The summed E-state index contributed by atoms with van der Waals surface area (Å²) in [7, 11) is 0. The number of nitriles is 1. The van der Waals surface area contributed by atoms with Gasteiger partial charge in [-0.1, -0.05) is 30.3 Å². The molecular formula is C23H25N5O. The molecule has 0 bridgehead atoms. The molecule has 0 N–H and O–H groups in total. The summed E-state index contributed by atoms with van der Waals surface area (Å²) in [6, 6.07) is 12.5. The van der Waals surface area contributed by atoms with Crippen LogP contribution in [0.5, 0.6) is 0 Å². The lowest BCUT2D eigenvalue weighted by molar-refractivity contribution is 0.564. The molecule has 0 spiro atoms. The first-order valence-corrected chi connectivity index (χ1v) is 10.6. The smallest absolute Gasteiger partial charge is 0.277 e. The first kappa shape index (κ1) is 18.0. The summed E-state index contributed by atoms with van der Waals surface area (Å²) >= 11 is 0. The van der Waals surface area contributed by atoms with E-state index in [-0.39, 0.29) is 5.56 Å². The number of piperidine rings is 1. The molecule has 3 aromatic rings. The van der Waals surface area contributed by atoms with E-state index in [9.17, 15) is 10.1 Å². The Bertz CT molecular complexity index is 1130. The van der Waals surface area contributed by atoms with Crippen molar-refractivity contribution < 1.29 is 0 Å². The molecule has 0 unspecified atom stereocenters. The van der Waals surface area contributed by atoms with Crippen LogP contribution in [-0.2, 0) is 13.1 Å². The lowest BCUT2D eigenvalue weighted by Gasteiger charge is -2.30. The quantitative estimate of drug-likeness (QED) is 0.672. The van der Waals surface area contributed by atoms with Crippen molar-refractivity contribution in [2.45, 2.75) is 45.2 Å². The van der Waals surface area contributed by atoms with E-state index in [0.29, 0.717) is 29.1 Å². The normalized spacial score (nSPS) is 16.9. The van der Waals surface area contributed by atoms with E-state index >= 15 is 0 Å². The van der Waals surface area contributed by atoms with Crippen LogP contribution in [0.15, 0.2) is 41.5 Å². The minimum atomic E-state index is -0.0300. The largest absolute Gasteiger partial charge is 0.357 e. The van der Waals surface area contributed by atoms with E-state index in [2.05, 4.69) is 28.1 Å². The molecule has 29 heavy (non-hydrogen) atoms. The number of nitrogens with zero attached hydrogens (tertiary/aromatic N) is 5. The van der Waals surface area contributed by atoms with Gasteiger partial charge in [0, 0.05) is 26.2 Å². The van der Waals surface area contributed by atoms with Crippen molar-refractivity contribution >= 4 is 16.9 Å². The predicted molar refractivity (Wildman–Crippen MR) is 113 cm³/mol. The predicted octanol–water partition coefficient (Wildman–Crippen LogP) is 3.52. The van der Waals surface area contributed by atoms with Crippen molar-refractivity contribution in [3.05, 3.63) is 58.1 Å². The Morgan fingerprint density at radius 3 is 2.55 bits per heavy atom. The van der Waals surface area contributed by atoms with Crippen molar-refractivity contribution in [3.8, 4) is 6.07 Å². The Morgan fingerprint density at radius 1 is 1.10 bits per heavy atom. The van der Waals surface area contributed by atoms with E-state index in [1.165, 1.54) is 19.3 Å². The molecule has 0 atom stereocenters. The fourth-order valence-corrected chi connectivity index (χ4v) is 4.42. The van der Waals surface area contributed by atoms with E-state index in [4.69, 9.17) is 0 Å². The fraction of sp³-hybridized carbons (Fsp3) is 0.435. The van der Waals surface area contributed by atoms with Gasteiger partial charge in [0.25, 0.3) is 5.56 Å². The zero-order chi connectivity index (χ0) is 19.8. The topological polar surface area (TPSA) is 66.8 Å². The summed E-state index contributed by atoms with van der Waals surface area (Å²) in [4.78, 5) is 20.3. The summed E-state index contributed by atoms with van der Waals surface area (Å²) in [5, 5.41) is 10.0. The van der Waals surface area contributed by atoms with Crippen LogP contribution in [-0.4, -0.2) is 27.2 Å². The highest BCUT2D eigenvalue weighted by molar-refractivity contribution is 5.89. The molecule has 1 aliphatic heterocycles. The van der Waals surface area contributed by atoms with E-state index in [1.807, 2.05) is 22.8 Å². The number of anilines is 1. The van der Waals surface area contributed by atoms with Crippen LogP contribution in [0.2, 0.25) is 0 Å². The minimum absolute atomic E-state index is 0.0300. The van der Waals surface area contributed by atoms with Crippen LogP contribution in [0.1, 0.15) is 43.2 Å². The van der Waals surface area contributed by atoms with E-state index in [1.54, 1.807) is 10.9 Å². The van der Waals surface area contributed by atoms with Gasteiger partial charge in [-0.2, -0.15) is 5.26 Å². The third-order valence-electron chi connectivity index (χ3n) is 6.10. The maximum absolute atomic E-state index is 13.4. The third kappa shape index (κ3) is 3.31. The second-order valence-corrected chi connectivity index (χ2v) is 8.27. The third-order valence-corrected chi connectivity index (χ3v) is 6.10. The molecule has 2 aliphatic rings. The molecule has 1 aliphatic carbocycles. The number of hydrogen-bond donors (Lipinski definition) is 0. The van der Waals surface area contributed by atoms with Gasteiger partial charge in [-0.15, -0.1) is 0 Å². The van der Waals surface area contributed by atoms with Crippen LogP contribution in [0.3, 0.4) is 0 Å². The SMILES string of the molecule is N#Cc1c(N2CCCCC2)n(Cc2ccccc2)c2c(=O)n(CC3CC3)cnc12. The van der Waals surface area contributed by atoms with Crippen molar-refractivity contribution in [3.63, 3.8) is 0 Å². The Morgan fingerprint density at radius 2 is 1.86 bits per heavy atom. The van der Waals surface area contributed by atoms with Gasteiger partial charge in [0.05, 0.1) is 6.33 Å². The van der Waals surface area contributed by atoms with E-state index < -0.39 is 0 Å². The Balaban J connectivity index is 1.73. The molecule has 3 heterocycles. The van der Waals surface area contributed by atoms with Crippen LogP contribution in [0.25, 0.3) is 11.0 Å². The van der Waals surface area contributed by atoms with Gasteiger partial charge in [0.1, 0.15) is 28.5 Å². The molecule has 1 saturated carbocycles. The standard InChI is InChI=1S/C23H25N5O/c24-13-19-20-21(23(29)27(16-25-20)14-18-9-10-18)28(15-17-7-3-1-4-8-17)22(19)26-11-5-2-6-12-26/h1,3-4,7-8,16,18H,2,5-6,9-12,14-15H2. The molecule has 1 saturated heterocycles. The van der Waals surface area contributed by atoms with Gasteiger partial charge in [0.15, 0.2) is 0 Å². The lowest BCUT2D eigenvalue weighted by Crippen LogP contribution is -2.32. The highest BCUT2D eigenvalue weighted by Gasteiger charge is 2.28. The van der Waals surface area contributed by atoms with Crippen LogP contribution >= 0.6 is 0 Å².